The molecule has 4 atom stereocenters. The first-order valence-corrected chi connectivity index (χ1v) is 18.1. The number of rotatable bonds is 16. The number of aliphatic hydroxyl groups is 1. The number of imidazole rings is 1. The van der Waals surface area contributed by atoms with Gasteiger partial charge in [0, 0.05) is 32.0 Å². The predicted molar refractivity (Wildman–Crippen MR) is 197 cm³/mol. The molecule has 2 aromatic heterocycles. The summed E-state index contributed by atoms with van der Waals surface area (Å²) >= 11 is 0. The van der Waals surface area contributed by atoms with Crippen molar-refractivity contribution >= 4 is 46.8 Å². The van der Waals surface area contributed by atoms with Crippen molar-refractivity contribution in [1.82, 2.24) is 40.8 Å². The number of hydrogen-bond acceptors (Lipinski definition) is 12. The molecule has 0 spiro atoms. The van der Waals surface area contributed by atoms with Crippen LogP contribution in [0.2, 0.25) is 0 Å². The first-order valence-electron chi connectivity index (χ1n) is 18.1. The van der Waals surface area contributed by atoms with Crippen LogP contribution in [0.25, 0.3) is 11.2 Å². The van der Waals surface area contributed by atoms with Crippen LogP contribution in [0.4, 0.5) is 23.8 Å². The fourth-order valence-corrected chi connectivity index (χ4v) is 6.30. The topological polar surface area (TPSA) is 228 Å². The number of fused-ring (bicyclic) bond motifs is 1. The molecule has 20 heteroatoms. The molecule has 0 saturated heterocycles. The van der Waals surface area contributed by atoms with E-state index >= 15 is 0 Å². The predicted octanol–water partition coefficient (Wildman–Crippen LogP) is 2.34. The molecule has 304 valence electrons. The Morgan fingerprint density at radius 3 is 2.19 bits per heavy atom. The third-order valence-corrected chi connectivity index (χ3v) is 9.02. The summed E-state index contributed by atoms with van der Waals surface area (Å²) in [4.78, 5) is 74.7. The van der Waals surface area contributed by atoms with E-state index in [0.717, 1.165) is 11.1 Å². The fourth-order valence-electron chi connectivity index (χ4n) is 6.30. The van der Waals surface area contributed by atoms with Crippen LogP contribution >= 0.6 is 0 Å². The van der Waals surface area contributed by atoms with Crippen LogP contribution < -0.4 is 26.6 Å². The largest absolute Gasteiger partial charge is 0.490 e. The molecule has 1 fully saturated rings. The summed E-state index contributed by atoms with van der Waals surface area (Å²) in [7, 11) is 0. The average molecular weight is 798 g/mol. The van der Waals surface area contributed by atoms with Crippen molar-refractivity contribution in [2.24, 2.45) is 0 Å². The number of hydrogen-bond donors (Lipinski definition) is 6. The molecule has 5 rings (SSSR count). The zero-order chi connectivity index (χ0) is 41.1. The van der Waals surface area contributed by atoms with Crippen LogP contribution in [0.15, 0.2) is 67.0 Å². The molecule has 0 bridgehead atoms. The second-order valence-corrected chi connectivity index (χ2v) is 12.8. The Balaban J connectivity index is 1.45. The number of esters is 2. The lowest BCUT2D eigenvalue weighted by Crippen LogP contribution is -2.47. The van der Waals surface area contributed by atoms with Gasteiger partial charge in [0.05, 0.1) is 25.0 Å². The number of aromatic nitrogens is 4. The minimum atomic E-state index is -5.37. The van der Waals surface area contributed by atoms with Gasteiger partial charge in [-0.3, -0.25) is 14.4 Å². The van der Waals surface area contributed by atoms with Gasteiger partial charge in [-0.1, -0.05) is 67.6 Å². The van der Waals surface area contributed by atoms with Crippen molar-refractivity contribution in [2.45, 2.75) is 63.1 Å². The summed E-state index contributed by atoms with van der Waals surface area (Å²) in [6.07, 6.45) is -7.91. The van der Waals surface area contributed by atoms with Crippen LogP contribution in [0.1, 0.15) is 60.4 Å². The molecule has 6 N–H and O–H groups in total. The number of nitrogens with one attached hydrogen (secondary N) is 5. The van der Waals surface area contributed by atoms with E-state index in [1.54, 1.807) is 6.92 Å². The summed E-state index contributed by atoms with van der Waals surface area (Å²) in [5.74, 6) is -4.95. The zero-order valence-corrected chi connectivity index (χ0v) is 30.9. The third-order valence-electron chi connectivity index (χ3n) is 9.02. The highest BCUT2D eigenvalue weighted by Crippen LogP contribution is 2.37. The highest BCUT2D eigenvalue weighted by molar-refractivity contribution is 5.94. The number of carbonyl (C=O) groups is 5. The SMILES string of the molecule is CCOC(=O)CNC(=O)NCCNC(=O)c1nc(NCC(c2ccccc2)c2ccccc2)c2ncn([C@@H]3C[C@H](NC(=O)CC)[C@@H](OC(=O)C(F)(F)F)[C@H]3O)c2n1. The highest BCUT2D eigenvalue weighted by atomic mass is 19.4. The first kappa shape index (κ1) is 41.8. The van der Waals surface area contributed by atoms with Crippen molar-refractivity contribution in [2.75, 3.05) is 38.1 Å². The molecule has 0 radical (unpaired) electrons. The number of carbonyl (C=O) groups excluding carboxylic acids is 5. The molecule has 1 aliphatic rings. The van der Waals surface area contributed by atoms with Crippen molar-refractivity contribution in [3.63, 3.8) is 0 Å². The minimum absolute atomic E-state index is 0.00231. The summed E-state index contributed by atoms with van der Waals surface area (Å²) in [6, 6.07) is 16.2. The summed E-state index contributed by atoms with van der Waals surface area (Å²) in [5.41, 5.74) is 2.08. The van der Waals surface area contributed by atoms with Crippen molar-refractivity contribution in [3.8, 4) is 0 Å². The van der Waals surface area contributed by atoms with Crippen LogP contribution in [-0.4, -0.2) is 112 Å². The van der Waals surface area contributed by atoms with E-state index < -0.39 is 60.3 Å². The molecule has 2 aromatic carbocycles. The molecule has 17 nitrogen and oxygen atoms in total. The van der Waals surface area contributed by atoms with E-state index in [2.05, 4.69) is 41.5 Å². The van der Waals surface area contributed by atoms with Gasteiger partial charge in [-0.15, -0.1) is 0 Å². The fraction of sp³-hybridized carbons (Fsp3) is 0.405. The number of amides is 4. The number of urea groups is 1. The average Bonchev–Trinajstić information content (AvgIpc) is 3.76. The number of aliphatic hydroxyl groups excluding tert-OH is 1. The van der Waals surface area contributed by atoms with Crippen molar-refractivity contribution in [3.05, 3.63) is 83.9 Å². The zero-order valence-electron chi connectivity index (χ0n) is 30.9. The first-order chi connectivity index (χ1) is 27.3. The number of ether oxygens (including phenoxy) is 2. The van der Waals surface area contributed by atoms with Gasteiger partial charge >= 0.3 is 24.1 Å². The second kappa shape index (κ2) is 19.0. The summed E-state index contributed by atoms with van der Waals surface area (Å²) in [5, 5.41) is 24.6. The van der Waals surface area contributed by atoms with Crippen molar-refractivity contribution < 1.29 is 51.7 Å². The number of anilines is 1. The Morgan fingerprint density at radius 2 is 1.58 bits per heavy atom. The normalized spacial score (nSPS) is 17.8. The molecule has 1 aliphatic carbocycles. The van der Waals surface area contributed by atoms with Gasteiger partial charge < -0.3 is 45.7 Å². The Morgan fingerprint density at radius 1 is 0.930 bits per heavy atom. The maximum atomic E-state index is 13.5. The number of alkyl halides is 3. The van der Waals surface area contributed by atoms with Gasteiger partial charge in [-0.25, -0.2) is 24.5 Å². The lowest BCUT2D eigenvalue weighted by atomic mass is 9.91. The van der Waals surface area contributed by atoms with E-state index in [1.807, 2.05) is 60.7 Å². The van der Waals surface area contributed by atoms with Gasteiger partial charge in [0.15, 0.2) is 17.6 Å². The van der Waals surface area contributed by atoms with Gasteiger partial charge in [0.2, 0.25) is 11.7 Å². The maximum absolute atomic E-state index is 13.5. The smallest absolute Gasteiger partial charge is 0.465 e. The van der Waals surface area contributed by atoms with Crippen LogP contribution in [0.5, 0.6) is 0 Å². The molecule has 57 heavy (non-hydrogen) atoms. The van der Waals surface area contributed by atoms with Crippen LogP contribution in [0.3, 0.4) is 0 Å². The van der Waals surface area contributed by atoms with E-state index in [-0.39, 0.29) is 74.4 Å². The second-order valence-electron chi connectivity index (χ2n) is 12.8. The molecular weight excluding hydrogens is 755 g/mol. The van der Waals surface area contributed by atoms with E-state index in [1.165, 1.54) is 17.8 Å². The molecule has 4 amide bonds. The monoisotopic (exact) mass is 797 g/mol. The summed E-state index contributed by atoms with van der Waals surface area (Å²) in [6.45, 7) is 3.05. The maximum Gasteiger partial charge on any atom is 0.490 e. The van der Waals surface area contributed by atoms with E-state index in [4.69, 9.17) is 9.47 Å². The lowest BCUT2D eigenvalue weighted by molar-refractivity contribution is -0.209. The molecule has 2 heterocycles. The summed E-state index contributed by atoms with van der Waals surface area (Å²) < 4.78 is 50.6. The molecule has 0 unspecified atom stereocenters. The number of benzene rings is 2. The minimum Gasteiger partial charge on any atom is -0.465 e. The third kappa shape index (κ3) is 10.7. The molecule has 1 saturated carbocycles. The van der Waals surface area contributed by atoms with Gasteiger partial charge in [-0.05, 0) is 24.5 Å². The Bertz CT molecular complexity index is 2000. The van der Waals surface area contributed by atoms with E-state index in [0.29, 0.717) is 0 Å². The van der Waals surface area contributed by atoms with Crippen LogP contribution in [0, 0.1) is 0 Å². The Hall–Kier alpha value is -6.31. The lowest BCUT2D eigenvalue weighted by Gasteiger charge is -2.24. The quantitative estimate of drug-likeness (QED) is 0.0710. The van der Waals surface area contributed by atoms with E-state index in [9.17, 15) is 42.3 Å². The molecule has 0 aliphatic heterocycles. The van der Waals surface area contributed by atoms with Gasteiger partial charge in [0.1, 0.15) is 18.2 Å². The highest BCUT2D eigenvalue weighted by Gasteiger charge is 2.51. The standard InChI is InChI=1S/C37H42F3N9O8/c1-3-26(50)46-24-17-25(29(52)30(24)57-35(54)37(38,39)40)49-20-45-28-31(43-18-23(21-11-7-5-8-12-21)22-13-9-6-10-14-22)47-32(48-33(28)49)34(53)41-15-16-42-36(55)44-19-27(51)56-4-2/h5-14,20,23-25,29-30,52H,3-4,15-19H2,1-2H3,(H,41,53)(H,46,50)(H2,42,44,55)(H,43,47,48)/t24-,25+,29-,30+/m0/s1. The number of nitrogens with zero attached hydrogens (tertiary/aromatic N) is 4. The number of halogens is 3. The van der Waals surface area contributed by atoms with Crippen molar-refractivity contribution in [1.29, 1.82) is 0 Å². The van der Waals surface area contributed by atoms with Gasteiger partial charge in [-0.2, -0.15) is 13.2 Å². The van der Waals surface area contributed by atoms with Crippen LogP contribution in [-0.2, 0) is 23.9 Å². The molecule has 4 aromatic rings. The molecular formula is C37H42F3N9O8. The van der Waals surface area contributed by atoms with Gasteiger partial charge in [0.25, 0.3) is 5.91 Å². The Labute approximate surface area is 324 Å². The Kier molecular flexibility index (Phi) is 14.0.